The monoisotopic (exact) mass is 1050 g/mol. The maximum atomic E-state index is 12.0. The molecule has 0 spiro atoms. The molecule has 5 heterocycles. The molecule has 22 nitrogen and oxygen atoms in total. The summed E-state index contributed by atoms with van der Waals surface area (Å²) in [7, 11) is 1.72. The van der Waals surface area contributed by atoms with E-state index in [1.54, 1.807) is 7.11 Å². The molecule has 9 rings (SSSR count). The molecule has 420 valence electrons. The zero-order valence-corrected chi connectivity index (χ0v) is 42.8. The Morgan fingerprint density at radius 2 is 1.25 bits per heavy atom. The zero-order valence-electron chi connectivity index (χ0n) is 42.8. The maximum absolute atomic E-state index is 12.0. The third kappa shape index (κ3) is 10.0. The maximum Gasteiger partial charge on any atom is 0.187 e. The number of hydrogen-bond acceptors (Lipinski definition) is 22. The summed E-state index contributed by atoms with van der Waals surface area (Å²) in [5, 5.41) is 126. The third-order valence-corrected chi connectivity index (χ3v) is 19.5. The van der Waals surface area contributed by atoms with Gasteiger partial charge in [-0.1, -0.05) is 39.3 Å². The lowest BCUT2D eigenvalue weighted by Gasteiger charge is -2.58. The minimum Gasteiger partial charge on any atom is -0.394 e. The Morgan fingerprint density at radius 1 is 0.658 bits per heavy atom. The molecule has 22 heteroatoms. The van der Waals surface area contributed by atoms with Crippen LogP contribution >= 0.6 is 0 Å². The molecule has 12 N–H and O–H groups in total. The minimum absolute atomic E-state index is 0.00783. The summed E-state index contributed by atoms with van der Waals surface area (Å²) in [6, 6.07) is 0. The Hall–Kier alpha value is -1.14. The predicted octanol–water partition coefficient (Wildman–Crippen LogP) is -1.71. The van der Waals surface area contributed by atoms with Crippen molar-refractivity contribution in [3.8, 4) is 0 Å². The molecule has 9 aliphatic rings. The molecule has 0 bridgehead atoms. The van der Waals surface area contributed by atoms with E-state index >= 15 is 0 Å². The number of rotatable bonds is 16. The highest BCUT2D eigenvalue weighted by atomic mass is 16.8. The summed E-state index contributed by atoms with van der Waals surface area (Å²) in [6.07, 6.45) is -17.9. The Labute approximate surface area is 426 Å². The summed E-state index contributed by atoms with van der Waals surface area (Å²) in [5.74, 6) is 0.933. The number of fused-ring (bicyclic) bond motifs is 7. The van der Waals surface area contributed by atoms with Crippen LogP contribution in [0.2, 0.25) is 0 Å². The van der Waals surface area contributed by atoms with E-state index in [9.17, 15) is 61.3 Å². The van der Waals surface area contributed by atoms with Gasteiger partial charge in [-0.3, -0.25) is 0 Å². The second-order valence-corrected chi connectivity index (χ2v) is 23.5. The highest BCUT2D eigenvalue weighted by Crippen LogP contribution is 2.70. The predicted molar refractivity (Wildman–Crippen MR) is 249 cm³/mol. The summed E-state index contributed by atoms with van der Waals surface area (Å²) >= 11 is 0. The molecular formula is C51H84O22. The van der Waals surface area contributed by atoms with Crippen LogP contribution in [0.4, 0.5) is 0 Å². The van der Waals surface area contributed by atoms with E-state index in [-0.39, 0.29) is 41.3 Å². The fourth-order valence-electron chi connectivity index (χ4n) is 15.1. The van der Waals surface area contributed by atoms with Crippen LogP contribution in [0.3, 0.4) is 0 Å². The number of methoxy groups -OCH3 is 1. The van der Waals surface area contributed by atoms with Crippen LogP contribution in [0.1, 0.15) is 92.4 Å². The second kappa shape index (κ2) is 22.2. The van der Waals surface area contributed by atoms with Gasteiger partial charge in [-0.05, 0) is 98.7 Å². The molecule has 73 heavy (non-hydrogen) atoms. The van der Waals surface area contributed by atoms with Crippen LogP contribution in [0.15, 0.2) is 11.6 Å². The van der Waals surface area contributed by atoms with Gasteiger partial charge in [-0.15, -0.1) is 0 Å². The summed E-state index contributed by atoms with van der Waals surface area (Å²) < 4.78 is 61.1. The number of hydrogen-bond donors (Lipinski definition) is 12. The molecule has 8 fully saturated rings. The van der Waals surface area contributed by atoms with Gasteiger partial charge < -0.3 is 109 Å². The van der Waals surface area contributed by atoms with E-state index in [1.807, 2.05) is 6.92 Å². The third-order valence-electron chi connectivity index (χ3n) is 19.5. The SMILES string of the molecule is CO[C@@]1(CCC(C)COC2OC(CO)C(O)C(O)C2O)OC2CC3C4CC=C5CC(OC6OC(CO)C(OC7OC(CO)C(O)C7O)C(OC7OC(C)C(O)C(O)C7O)C6O)CC[C@]5(C)C4CC[C@]3(C)C2C1C. The molecule has 0 aromatic heterocycles. The van der Waals surface area contributed by atoms with Crippen LogP contribution < -0.4 is 0 Å². The first-order valence-electron chi connectivity index (χ1n) is 26.7. The van der Waals surface area contributed by atoms with Crippen molar-refractivity contribution >= 4 is 0 Å². The van der Waals surface area contributed by atoms with E-state index in [0.717, 1.165) is 32.1 Å². The van der Waals surface area contributed by atoms with Gasteiger partial charge in [-0.25, -0.2) is 0 Å². The van der Waals surface area contributed by atoms with Crippen molar-refractivity contribution in [1.29, 1.82) is 0 Å². The highest BCUT2D eigenvalue weighted by Gasteiger charge is 2.68. The Kier molecular flexibility index (Phi) is 17.2. The van der Waals surface area contributed by atoms with E-state index in [4.69, 9.17) is 47.4 Å². The van der Waals surface area contributed by atoms with E-state index < -0.39 is 148 Å². The molecule has 5 aliphatic heterocycles. The van der Waals surface area contributed by atoms with Gasteiger partial charge >= 0.3 is 0 Å². The van der Waals surface area contributed by atoms with Gasteiger partial charge in [-0.2, -0.15) is 0 Å². The summed E-state index contributed by atoms with van der Waals surface area (Å²) in [4.78, 5) is 0. The number of aliphatic hydroxyl groups is 12. The van der Waals surface area contributed by atoms with Gasteiger partial charge in [0.2, 0.25) is 0 Å². The van der Waals surface area contributed by atoms with Crippen molar-refractivity contribution < 1.29 is 109 Å². The Morgan fingerprint density at radius 3 is 1.93 bits per heavy atom. The van der Waals surface area contributed by atoms with Crippen LogP contribution in [0.25, 0.3) is 0 Å². The van der Waals surface area contributed by atoms with E-state index in [0.29, 0.717) is 43.4 Å². The average Bonchev–Trinajstić information content (AvgIpc) is 3.95. The molecular weight excluding hydrogens is 965 g/mol. The normalized spacial score (nSPS) is 54.3. The van der Waals surface area contributed by atoms with Crippen LogP contribution in [-0.4, -0.2) is 230 Å². The summed E-state index contributed by atoms with van der Waals surface area (Å²) in [5.41, 5.74) is 1.22. The molecule has 30 atom stereocenters. The van der Waals surface area contributed by atoms with Crippen LogP contribution in [-0.2, 0) is 47.4 Å². The van der Waals surface area contributed by atoms with Crippen molar-refractivity contribution in [2.45, 2.75) is 227 Å². The molecule has 3 saturated carbocycles. The molecule has 5 saturated heterocycles. The van der Waals surface area contributed by atoms with Gasteiger partial charge in [0, 0.05) is 19.4 Å². The number of aliphatic hydroxyl groups excluding tert-OH is 12. The van der Waals surface area contributed by atoms with Gasteiger partial charge in [0.05, 0.1) is 44.7 Å². The van der Waals surface area contributed by atoms with Gasteiger partial charge in [0.25, 0.3) is 0 Å². The fourth-order valence-corrected chi connectivity index (χ4v) is 15.1. The largest absolute Gasteiger partial charge is 0.394 e. The van der Waals surface area contributed by atoms with Crippen molar-refractivity contribution in [2.24, 2.45) is 46.3 Å². The Bertz CT molecular complexity index is 1880. The van der Waals surface area contributed by atoms with Gasteiger partial charge in [0.15, 0.2) is 30.9 Å². The van der Waals surface area contributed by atoms with Crippen molar-refractivity contribution in [3.05, 3.63) is 11.6 Å². The highest BCUT2D eigenvalue weighted by molar-refractivity contribution is 5.26. The van der Waals surface area contributed by atoms with Crippen molar-refractivity contribution in [1.82, 2.24) is 0 Å². The first-order chi connectivity index (χ1) is 34.6. The van der Waals surface area contributed by atoms with Crippen LogP contribution in [0, 0.1) is 46.3 Å². The minimum atomic E-state index is -1.76. The topological polar surface area (TPSA) is 335 Å². The Balaban J connectivity index is 0.841. The molecule has 0 amide bonds. The first kappa shape index (κ1) is 56.6. The number of ether oxygens (including phenoxy) is 10. The second-order valence-electron chi connectivity index (χ2n) is 23.5. The first-order valence-corrected chi connectivity index (χ1v) is 26.7. The fraction of sp³-hybridized carbons (Fsp3) is 0.961. The average molecular weight is 1050 g/mol. The van der Waals surface area contributed by atoms with Crippen molar-refractivity contribution in [2.75, 3.05) is 33.5 Å². The smallest absolute Gasteiger partial charge is 0.187 e. The number of allylic oxidation sites excluding steroid dienone is 1. The lowest BCUT2D eigenvalue weighted by molar-refractivity contribution is -0.376. The summed E-state index contributed by atoms with van der Waals surface area (Å²) in [6.45, 7) is 8.97. The lowest BCUT2D eigenvalue weighted by Crippen LogP contribution is -2.65. The van der Waals surface area contributed by atoms with E-state index in [2.05, 4.69) is 26.8 Å². The lowest BCUT2D eigenvalue weighted by atomic mass is 9.47. The molecule has 4 aliphatic carbocycles. The molecule has 0 radical (unpaired) electrons. The van der Waals surface area contributed by atoms with E-state index in [1.165, 1.54) is 12.5 Å². The standard InChI is InChI=1S/C51H84O22/c1-21(20-65-45-40(61)38(59)35(56)30(17-52)68-45)9-14-51(64-6)22(2)33-29(73-51)16-28-26-8-7-24-15-25(10-12-49(24,4)27(26)11-13-50(28,33)5)67-48-42(63)44(72-46-41(62)37(58)34(55)23(3)66-46)43(32(19-54)70-48)71-47-39(60)36(57)31(18-53)69-47/h7,21-23,25-48,52-63H,8-20H2,1-6H3/t21?,22?,23?,25?,26?,27?,28?,29?,30?,31?,32?,33?,34?,35?,36?,37?,38?,39?,40?,41?,42?,43?,44?,45?,46?,47?,48?,49-,50-,51-/m0/s1. The molecule has 27 unspecified atom stereocenters. The van der Waals surface area contributed by atoms with Gasteiger partial charge in [0.1, 0.15) is 85.5 Å². The zero-order chi connectivity index (χ0) is 52.6. The molecule has 0 aromatic rings. The van der Waals surface area contributed by atoms with Crippen molar-refractivity contribution in [3.63, 3.8) is 0 Å². The van der Waals surface area contributed by atoms with Crippen LogP contribution in [0.5, 0.6) is 0 Å². The quantitative estimate of drug-likeness (QED) is 0.0766. The molecule has 0 aromatic carbocycles.